The second-order valence-corrected chi connectivity index (χ2v) is 12.2. The molecule has 0 aromatic rings. The summed E-state index contributed by atoms with van der Waals surface area (Å²) in [5.74, 6) is 0.0868. The molecule has 6 aliphatic rings. The number of carbonyl (C=O) groups is 2. The Balaban J connectivity index is 1.31. The minimum atomic E-state index is -1.26. The summed E-state index contributed by atoms with van der Waals surface area (Å²) in [6, 6.07) is -0.689. The van der Waals surface area contributed by atoms with E-state index in [0.717, 1.165) is 19.3 Å². The zero-order valence-corrected chi connectivity index (χ0v) is 22.7. The molecule has 3 aliphatic heterocycles. The summed E-state index contributed by atoms with van der Waals surface area (Å²) in [5, 5.41) is 3.39. The number of ketones is 1. The van der Waals surface area contributed by atoms with E-state index in [1.807, 2.05) is 6.20 Å². The number of rotatable bonds is 6. The van der Waals surface area contributed by atoms with Crippen LogP contribution in [-0.4, -0.2) is 103 Å². The third-order valence-corrected chi connectivity index (χ3v) is 10.0. The highest BCUT2D eigenvalue weighted by Crippen LogP contribution is 2.51. The van der Waals surface area contributed by atoms with E-state index in [9.17, 15) is 9.59 Å². The number of guanidine groups is 1. The monoisotopic (exact) mass is 546 g/mol. The number of carbonyl (C=O) groups excluding carboxylic acids is 2. The molecule has 3 saturated carbocycles. The highest BCUT2D eigenvalue weighted by molar-refractivity contribution is 6.20. The van der Waals surface area contributed by atoms with Gasteiger partial charge in [-0.15, -0.1) is 0 Å². The topological polar surface area (TPSA) is 136 Å². The SMILES string of the molecule is NC(N)=NCCCNC1C(F)CC2C(=O)C(C(=O)N3CCOCC3)=CN3C4C(CCC5CCCCC54)OC1C23. The molecule has 39 heavy (non-hydrogen) atoms. The first-order valence-corrected chi connectivity index (χ1v) is 14.9. The Bertz CT molecular complexity index is 999. The zero-order chi connectivity index (χ0) is 27.1. The molecule has 0 radical (unpaired) electrons. The molecule has 0 bridgehead atoms. The van der Waals surface area contributed by atoms with Crippen molar-refractivity contribution in [1.82, 2.24) is 15.1 Å². The largest absolute Gasteiger partial charge is 0.378 e. The van der Waals surface area contributed by atoms with Crippen LogP contribution >= 0.6 is 0 Å². The average molecular weight is 547 g/mol. The van der Waals surface area contributed by atoms with E-state index in [4.69, 9.17) is 20.9 Å². The van der Waals surface area contributed by atoms with Crippen LogP contribution in [0, 0.1) is 17.8 Å². The third kappa shape index (κ3) is 5.06. The lowest BCUT2D eigenvalue weighted by molar-refractivity contribution is -0.215. The minimum absolute atomic E-state index is 0.0355. The number of amides is 1. The molecule has 9 unspecified atom stereocenters. The second-order valence-electron chi connectivity index (χ2n) is 12.2. The number of nitrogens with one attached hydrogen (secondary N) is 1. The van der Waals surface area contributed by atoms with Crippen LogP contribution in [0.2, 0.25) is 0 Å². The van der Waals surface area contributed by atoms with E-state index in [1.54, 1.807) is 4.90 Å². The number of Topliss-reactive ketones (excluding diaryl/α,β-unsaturated/α-hetero) is 1. The molecule has 11 heteroatoms. The Hall–Kier alpha value is -2.24. The summed E-state index contributed by atoms with van der Waals surface area (Å²) in [5.41, 5.74) is 11.1. The molecule has 3 aliphatic carbocycles. The number of hydrogen-bond donors (Lipinski definition) is 3. The van der Waals surface area contributed by atoms with Gasteiger partial charge in [0.15, 0.2) is 11.7 Å². The molecular formula is C28H43FN6O4. The van der Waals surface area contributed by atoms with Crippen LogP contribution in [-0.2, 0) is 19.1 Å². The summed E-state index contributed by atoms with van der Waals surface area (Å²) in [6.45, 7) is 2.88. The molecule has 10 nitrogen and oxygen atoms in total. The number of morpholine rings is 2. The van der Waals surface area contributed by atoms with Crippen LogP contribution in [0.4, 0.5) is 4.39 Å². The molecule has 9 atom stereocenters. The van der Waals surface area contributed by atoms with Crippen LogP contribution in [0.25, 0.3) is 0 Å². The molecule has 6 rings (SSSR count). The maximum atomic E-state index is 15.9. The molecule has 0 spiro atoms. The summed E-state index contributed by atoms with van der Waals surface area (Å²) < 4.78 is 28.1. The molecule has 0 aromatic carbocycles. The number of nitrogens with zero attached hydrogens (tertiary/aromatic N) is 3. The van der Waals surface area contributed by atoms with Gasteiger partial charge in [0, 0.05) is 31.8 Å². The van der Waals surface area contributed by atoms with Crippen molar-refractivity contribution in [3.8, 4) is 0 Å². The molecular weight excluding hydrogens is 503 g/mol. The van der Waals surface area contributed by atoms with E-state index in [2.05, 4.69) is 15.2 Å². The number of nitrogens with two attached hydrogens (primary N) is 2. The molecule has 0 aromatic heterocycles. The third-order valence-electron chi connectivity index (χ3n) is 10.0. The van der Waals surface area contributed by atoms with Gasteiger partial charge in [0.2, 0.25) is 0 Å². The van der Waals surface area contributed by atoms with Crippen LogP contribution in [0.1, 0.15) is 51.4 Å². The van der Waals surface area contributed by atoms with Gasteiger partial charge in [0.25, 0.3) is 5.91 Å². The smallest absolute Gasteiger partial charge is 0.259 e. The summed E-state index contributed by atoms with van der Waals surface area (Å²) in [4.78, 5) is 35.6. The van der Waals surface area contributed by atoms with Gasteiger partial charge in [-0.1, -0.05) is 19.3 Å². The fourth-order valence-electron chi connectivity index (χ4n) is 8.29. The first-order chi connectivity index (χ1) is 18.9. The highest BCUT2D eigenvalue weighted by atomic mass is 19.1. The van der Waals surface area contributed by atoms with Gasteiger partial charge >= 0.3 is 0 Å². The average Bonchev–Trinajstić information content (AvgIpc) is 2.95. The fraction of sp³-hybridized carbons (Fsp3) is 0.821. The quantitative estimate of drug-likeness (QED) is 0.192. The Kier molecular flexibility index (Phi) is 7.83. The molecule has 5 N–H and O–H groups in total. The number of ether oxygens (including phenoxy) is 2. The van der Waals surface area contributed by atoms with Crippen LogP contribution in [0.5, 0.6) is 0 Å². The number of fused-ring (bicyclic) bond motifs is 4. The van der Waals surface area contributed by atoms with Crippen LogP contribution in [0.3, 0.4) is 0 Å². The normalized spacial score (nSPS) is 39.7. The van der Waals surface area contributed by atoms with E-state index < -0.39 is 24.2 Å². The van der Waals surface area contributed by atoms with Crippen molar-refractivity contribution in [2.45, 2.75) is 87.9 Å². The highest BCUT2D eigenvalue weighted by Gasteiger charge is 2.60. The lowest BCUT2D eigenvalue weighted by atomic mass is 9.63. The Morgan fingerprint density at radius 2 is 1.92 bits per heavy atom. The maximum Gasteiger partial charge on any atom is 0.259 e. The maximum absolute atomic E-state index is 15.9. The zero-order valence-electron chi connectivity index (χ0n) is 22.7. The first kappa shape index (κ1) is 27.0. The van der Waals surface area contributed by atoms with Crippen molar-refractivity contribution in [3.63, 3.8) is 0 Å². The van der Waals surface area contributed by atoms with Crippen molar-refractivity contribution in [1.29, 1.82) is 0 Å². The minimum Gasteiger partial charge on any atom is -0.378 e. The molecule has 5 fully saturated rings. The van der Waals surface area contributed by atoms with Crippen molar-refractivity contribution >= 4 is 17.6 Å². The van der Waals surface area contributed by atoms with Crippen molar-refractivity contribution in [3.05, 3.63) is 11.8 Å². The lowest BCUT2D eigenvalue weighted by Gasteiger charge is -2.62. The summed E-state index contributed by atoms with van der Waals surface area (Å²) in [7, 11) is 0. The van der Waals surface area contributed by atoms with Crippen molar-refractivity contribution < 1.29 is 23.5 Å². The number of hydrogen-bond acceptors (Lipinski definition) is 7. The van der Waals surface area contributed by atoms with E-state index in [0.29, 0.717) is 57.6 Å². The number of alkyl halides is 1. The van der Waals surface area contributed by atoms with Gasteiger partial charge in [-0.25, -0.2) is 4.39 Å². The van der Waals surface area contributed by atoms with Gasteiger partial charge in [0.1, 0.15) is 6.17 Å². The van der Waals surface area contributed by atoms with Gasteiger partial charge in [-0.2, -0.15) is 0 Å². The molecule has 3 heterocycles. The predicted molar refractivity (Wildman–Crippen MR) is 143 cm³/mol. The Morgan fingerprint density at radius 1 is 1.13 bits per heavy atom. The van der Waals surface area contributed by atoms with Crippen LogP contribution < -0.4 is 16.8 Å². The lowest BCUT2D eigenvalue weighted by Crippen LogP contribution is -2.74. The van der Waals surface area contributed by atoms with Gasteiger partial charge in [-0.3, -0.25) is 14.6 Å². The van der Waals surface area contributed by atoms with Gasteiger partial charge in [-0.05, 0) is 50.5 Å². The summed E-state index contributed by atoms with van der Waals surface area (Å²) >= 11 is 0. The standard InChI is InChI=1S/C28H43FN6O4/c29-20-14-18-24-26(22(20)32-8-3-9-33-28(30)31)39-21-7-6-16-4-1-2-5-17(16)23(21)35(24)15-19(25(18)36)27(37)34-10-12-38-13-11-34/h15-18,20-24,26,32H,1-14H2,(H4,30,31,33). The van der Waals surface area contributed by atoms with Crippen molar-refractivity contribution in [2.24, 2.45) is 34.2 Å². The summed E-state index contributed by atoms with van der Waals surface area (Å²) in [6.07, 6.45) is 7.73. The van der Waals surface area contributed by atoms with Gasteiger partial charge < -0.3 is 36.1 Å². The molecule has 2 saturated heterocycles. The number of halogens is 1. The van der Waals surface area contributed by atoms with Crippen molar-refractivity contribution in [2.75, 3.05) is 39.4 Å². The van der Waals surface area contributed by atoms with Gasteiger partial charge in [0.05, 0.1) is 49.1 Å². The molecule has 216 valence electrons. The van der Waals surface area contributed by atoms with E-state index in [-0.39, 0.29) is 47.8 Å². The molecule has 1 amide bonds. The predicted octanol–water partition coefficient (Wildman–Crippen LogP) is 0.698. The Labute approximate surface area is 229 Å². The second kappa shape index (κ2) is 11.3. The van der Waals surface area contributed by atoms with Crippen LogP contribution in [0.15, 0.2) is 16.8 Å². The Morgan fingerprint density at radius 3 is 2.72 bits per heavy atom. The fourth-order valence-corrected chi connectivity index (χ4v) is 8.29. The number of aliphatic imine (C=N–C) groups is 1. The van der Waals surface area contributed by atoms with E-state index in [1.165, 1.54) is 19.3 Å². The van der Waals surface area contributed by atoms with E-state index >= 15 is 4.39 Å². The first-order valence-electron chi connectivity index (χ1n) is 14.9.